The van der Waals surface area contributed by atoms with Gasteiger partial charge in [-0.2, -0.15) is 0 Å². The van der Waals surface area contributed by atoms with Crippen molar-refractivity contribution in [3.63, 3.8) is 0 Å². The molecule has 8 bridgehead atoms. The Morgan fingerprint density at radius 2 is 1.20 bits per heavy atom. The lowest BCUT2D eigenvalue weighted by atomic mass is 9.59. The van der Waals surface area contributed by atoms with E-state index >= 15 is 0 Å². The summed E-state index contributed by atoms with van der Waals surface area (Å²) in [6, 6.07) is 0. The Bertz CT molecular complexity index is 2450. The molecule has 0 radical (unpaired) electrons. The number of carbonyl (C=O) groups is 9. The van der Waals surface area contributed by atoms with E-state index in [1.54, 1.807) is 0 Å². The van der Waals surface area contributed by atoms with Crippen LogP contribution in [0.25, 0.3) is 0 Å². The highest BCUT2D eigenvalue weighted by molar-refractivity contribution is 6.07. The van der Waals surface area contributed by atoms with Crippen LogP contribution in [0.5, 0.6) is 0 Å². The molecule has 21 heteroatoms. The fraction of sp³-hybridized carbons (Fsp3) is 0.523. The number of carboxylic acid groups (broad SMARTS) is 8. The highest BCUT2D eigenvalue weighted by atomic mass is 16.4. The van der Waals surface area contributed by atoms with Crippen LogP contribution >= 0.6 is 0 Å². The molecule has 5 atom stereocenters. The lowest BCUT2D eigenvalue weighted by molar-refractivity contribution is -0.143. The van der Waals surface area contributed by atoms with Crippen molar-refractivity contribution >= 4 is 65.0 Å². The Balaban J connectivity index is 2.05. The molecule has 5 unspecified atom stereocenters. The molecule has 1 saturated heterocycles. The summed E-state index contributed by atoms with van der Waals surface area (Å²) in [5.41, 5.74) is -6.72. The molecule has 1 aromatic heterocycles. The van der Waals surface area contributed by atoms with E-state index in [0.717, 1.165) is 6.92 Å². The molecule has 4 aliphatic rings. The van der Waals surface area contributed by atoms with Gasteiger partial charge in [0.05, 0.1) is 37.1 Å². The van der Waals surface area contributed by atoms with Crippen LogP contribution < -0.4 is 5.32 Å². The number of carboxylic acids is 8. The summed E-state index contributed by atoms with van der Waals surface area (Å²) in [6.45, 7) is 5.53. The van der Waals surface area contributed by atoms with Crippen LogP contribution in [-0.4, -0.2) is 116 Å². The van der Waals surface area contributed by atoms with Crippen molar-refractivity contribution in [3.05, 3.63) is 56.8 Å². The molecule has 65 heavy (non-hydrogen) atoms. The number of H-pyrrole nitrogens is 1. The van der Waals surface area contributed by atoms with Gasteiger partial charge in [-0.05, 0) is 67.9 Å². The molecular formula is C44H52N4O17. The second-order valence-corrected chi connectivity index (χ2v) is 17.8. The normalized spacial score (nSPS) is 25.7. The van der Waals surface area contributed by atoms with Gasteiger partial charge in [-0.25, -0.2) is 0 Å². The smallest absolute Gasteiger partial charge is 0.307 e. The van der Waals surface area contributed by atoms with Crippen LogP contribution in [0, 0.1) is 22.2 Å². The number of carbonyl (C=O) groups excluding carboxylic acids is 1. The average Bonchev–Trinajstić information content (AvgIpc) is 3.78. The first-order valence-corrected chi connectivity index (χ1v) is 20.8. The zero-order chi connectivity index (χ0) is 48.6. The molecule has 1 fully saturated rings. The van der Waals surface area contributed by atoms with Crippen molar-refractivity contribution in [1.82, 2.24) is 10.3 Å². The molecule has 21 nitrogen and oxygen atoms in total. The number of aromatic amines is 1. The van der Waals surface area contributed by atoms with Crippen LogP contribution in [0.2, 0.25) is 0 Å². The number of hydrogen-bond donors (Lipinski definition) is 10. The Kier molecular flexibility index (Phi) is 13.8. The Hall–Kier alpha value is -6.93. The zero-order valence-electron chi connectivity index (χ0n) is 36.2. The third-order valence-corrected chi connectivity index (χ3v) is 13.6. The fourth-order valence-corrected chi connectivity index (χ4v) is 10.6. The number of rotatable bonds is 21. The number of ketones is 1. The highest BCUT2D eigenvalue weighted by Gasteiger charge is 2.67. The van der Waals surface area contributed by atoms with Gasteiger partial charge in [0.25, 0.3) is 0 Å². The van der Waals surface area contributed by atoms with Gasteiger partial charge in [-0.3, -0.25) is 53.1 Å². The number of fused-ring (bicyclic) bond motifs is 7. The lowest BCUT2D eigenvalue weighted by Gasteiger charge is -2.44. The summed E-state index contributed by atoms with van der Waals surface area (Å²) in [5, 5.41) is 84.4. The quantitative estimate of drug-likeness (QED) is 0.0841. The Morgan fingerprint density at radius 1 is 0.631 bits per heavy atom. The Labute approximate surface area is 370 Å². The molecule has 0 saturated carbocycles. The van der Waals surface area contributed by atoms with Crippen molar-refractivity contribution in [2.24, 2.45) is 32.1 Å². The minimum Gasteiger partial charge on any atom is -0.481 e. The predicted molar refractivity (Wildman–Crippen MR) is 224 cm³/mol. The maximum atomic E-state index is 14.8. The van der Waals surface area contributed by atoms with E-state index in [0.29, 0.717) is 0 Å². The van der Waals surface area contributed by atoms with Crippen molar-refractivity contribution in [1.29, 1.82) is 0 Å². The van der Waals surface area contributed by atoms with E-state index in [9.17, 15) is 84.0 Å². The molecule has 0 aliphatic carbocycles. The summed E-state index contributed by atoms with van der Waals surface area (Å²) in [5.74, 6) is -12.7. The predicted octanol–water partition coefficient (Wildman–Crippen LogP) is 3.64. The molecular weight excluding hydrogens is 856 g/mol. The van der Waals surface area contributed by atoms with Gasteiger partial charge in [0.15, 0.2) is 5.78 Å². The van der Waals surface area contributed by atoms with Crippen LogP contribution in [0.1, 0.15) is 114 Å². The first kappa shape index (κ1) is 49.1. The summed E-state index contributed by atoms with van der Waals surface area (Å²) < 4.78 is 0. The van der Waals surface area contributed by atoms with Crippen molar-refractivity contribution in [2.75, 3.05) is 0 Å². The molecule has 0 amide bonds. The van der Waals surface area contributed by atoms with Gasteiger partial charge >= 0.3 is 47.8 Å². The zero-order valence-corrected chi connectivity index (χ0v) is 36.2. The molecule has 0 spiro atoms. The average molecular weight is 909 g/mol. The lowest BCUT2D eigenvalue weighted by Crippen LogP contribution is -2.59. The molecule has 10 N–H and O–H groups in total. The molecule has 0 aromatic carbocycles. The van der Waals surface area contributed by atoms with Gasteiger partial charge < -0.3 is 51.2 Å². The molecule has 1 aromatic rings. The summed E-state index contributed by atoms with van der Waals surface area (Å²) >= 11 is 0. The van der Waals surface area contributed by atoms with Crippen LogP contribution in [0.15, 0.2) is 44.3 Å². The first-order chi connectivity index (χ1) is 30.2. The largest absolute Gasteiger partial charge is 0.481 e. The highest BCUT2D eigenvalue weighted by Crippen LogP contribution is 2.60. The number of aliphatic imine (C=N–C) groups is 2. The van der Waals surface area contributed by atoms with E-state index in [-0.39, 0.29) is 101 Å². The summed E-state index contributed by atoms with van der Waals surface area (Å²) in [6.07, 6.45) is -5.63. The van der Waals surface area contributed by atoms with Gasteiger partial charge in [0.1, 0.15) is 5.54 Å². The van der Waals surface area contributed by atoms with Gasteiger partial charge in [0, 0.05) is 89.2 Å². The van der Waals surface area contributed by atoms with Crippen molar-refractivity contribution in [2.45, 2.75) is 123 Å². The van der Waals surface area contributed by atoms with E-state index in [1.165, 1.54) is 26.8 Å². The Morgan fingerprint density at radius 3 is 1.74 bits per heavy atom. The number of nitrogens with zero attached hydrogens (tertiary/aromatic N) is 2. The van der Waals surface area contributed by atoms with E-state index < -0.39 is 133 Å². The number of aliphatic carboxylic acids is 8. The summed E-state index contributed by atoms with van der Waals surface area (Å²) in [7, 11) is 0. The van der Waals surface area contributed by atoms with Gasteiger partial charge in [0.2, 0.25) is 0 Å². The SMILES string of the molecule is CC(=O)C12NC(=CC3=NC(=C(CCC(=O)O)C3(C)CC(=O)O)Cc3[nH]c(c(CCC(=O)O)c3CC(=O)O)CC3=NC1=C(CC(=O)O)C3(C)CCC(=O)O)C(CCC(=O)O)C2(C)CC(=O)O. The van der Waals surface area contributed by atoms with Crippen LogP contribution in [0.4, 0.5) is 0 Å². The molecule has 5 heterocycles. The van der Waals surface area contributed by atoms with Crippen LogP contribution in [-0.2, 0) is 68.8 Å². The molecule has 5 rings (SSSR count). The fourth-order valence-electron chi connectivity index (χ4n) is 10.6. The summed E-state index contributed by atoms with van der Waals surface area (Å²) in [4.78, 5) is 128. The maximum Gasteiger partial charge on any atom is 0.307 e. The number of Topliss-reactive ketones (excluding diaryl/α,β-unsaturated/α-hetero) is 1. The number of allylic oxidation sites excluding steroid dienone is 4. The van der Waals surface area contributed by atoms with E-state index in [1.807, 2.05) is 0 Å². The molecule has 350 valence electrons. The second kappa shape index (κ2) is 18.3. The topological polar surface area (TPSA) is 368 Å². The van der Waals surface area contributed by atoms with Gasteiger partial charge in [-0.15, -0.1) is 0 Å². The van der Waals surface area contributed by atoms with Crippen molar-refractivity contribution in [3.8, 4) is 0 Å². The third-order valence-electron chi connectivity index (χ3n) is 13.6. The number of hydrogen-bond acceptors (Lipinski definition) is 12. The van der Waals surface area contributed by atoms with Gasteiger partial charge in [-0.1, -0.05) is 13.8 Å². The first-order valence-electron chi connectivity index (χ1n) is 20.8. The van der Waals surface area contributed by atoms with E-state index in [2.05, 4.69) is 10.3 Å². The van der Waals surface area contributed by atoms with E-state index in [4.69, 9.17) is 9.98 Å². The minimum absolute atomic E-state index is 0.0106. The monoisotopic (exact) mass is 908 g/mol. The standard InChI is InChI=1S/C44H52N4O17/c1-20(49)44-40-25(14-37(60)61)41(2,12-11-35(56)57)30(47-40)16-27-21(5-8-32(50)51)22(13-36(58)59)26(45-27)15-28-23(6-9-33(52)53)42(3,18-38(62)63)31(46-28)17-29(48-44)24(7-10-34(54)55)43(44,4)19-39(64)65/h17,24,45,48H,5-16,18-19H2,1-4H3,(H,50,51)(H,52,53)(H,54,55)(H,56,57)(H,58,59)(H,60,61)(H,62,63)(H,64,65). The maximum absolute atomic E-state index is 14.8. The second-order valence-electron chi connectivity index (χ2n) is 17.8. The molecule has 4 aliphatic heterocycles. The number of aromatic nitrogens is 1. The van der Waals surface area contributed by atoms with Crippen molar-refractivity contribution < 1.29 is 84.0 Å². The van der Waals surface area contributed by atoms with Crippen LogP contribution in [0.3, 0.4) is 0 Å². The number of nitrogens with one attached hydrogen (secondary N) is 2. The third kappa shape index (κ3) is 9.35. The minimum atomic E-state index is -2.32.